The molecule has 0 amide bonds. The zero-order chi connectivity index (χ0) is 27.7. The van der Waals surface area contributed by atoms with E-state index in [2.05, 4.69) is 71.3 Å². The molecule has 6 nitrogen and oxygen atoms in total. The molecule has 212 valence electrons. The number of rotatable bonds is 12. The van der Waals surface area contributed by atoms with Crippen LogP contribution in [0, 0.1) is 0 Å². The molecule has 2 aliphatic heterocycles. The molecule has 0 bridgehead atoms. The monoisotopic (exact) mass is 541 g/mol. The van der Waals surface area contributed by atoms with E-state index in [1.165, 1.54) is 30.4 Å². The highest BCUT2D eigenvalue weighted by atomic mass is 16.5. The van der Waals surface area contributed by atoms with E-state index in [0.29, 0.717) is 38.3 Å². The van der Waals surface area contributed by atoms with Gasteiger partial charge in [0.15, 0.2) is 0 Å². The number of benzene rings is 2. The van der Waals surface area contributed by atoms with Crippen LogP contribution in [0.3, 0.4) is 0 Å². The standard InChI is InChI=1S/C34H43N3O3/c1-3-5-6-13-18-30-32-28(25-37(30)24-27-16-11-8-12-17-27)31(34(38)40-4-2)33(36-19-21-39-22-20-36)29(35-32)23-26-14-9-7-10-15-26/h7-12,14-17,30H,3-6,13,18-25H2,1-2H3. The highest BCUT2D eigenvalue weighted by molar-refractivity contribution is 5.99. The van der Waals surface area contributed by atoms with Gasteiger partial charge in [-0.2, -0.15) is 0 Å². The number of unbranched alkanes of at least 4 members (excludes halogenated alkanes) is 3. The Balaban J connectivity index is 1.63. The van der Waals surface area contributed by atoms with Gasteiger partial charge in [0, 0.05) is 38.2 Å². The number of fused-ring (bicyclic) bond motifs is 1. The van der Waals surface area contributed by atoms with Crippen molar-refractivity contribution in [3.8, 4) is 0 Å². The first-order valence-corrected chi connectivity index (χ1v) is 15.1. The normalized spacial score (nSPS) is 17.1. The Hall–Kier alpha value is -3.22. The summed E-state index contributed by atoms with van der Waals surface area (Å²) >= 11 is 0. The van der Waals surface area contributed by atoms with Gasteiger partial charge in [0.25, 0.3) is 0 Å². The van der Waals surface area contributed by atoms with E-state index in [-0.39, 0.29) is 12.0 Å². The lowest BCUT2D eigenvalue weighted by atomic mass is 9.96. The Bertz CT molecular complexity index is 1240. The number of carbonyl (C=O) groups is 1. The van der Waals surface area contributed by atoms with E-state index in [9.17, 15) is 4.79 Å². The van der Waals surface area contributed by atoms with E-state index in [1.807, 2.05) is 13.0 Å². The lowest BCUT2D eigenvalue weighted by Crippen LogP contribution is -2.38. The van der Waals surface area contributed by atoms with Crippen LogP contribution in [0.1, 0.15) is 90.4 Å². The number of hydrogen-bond donors (Lipinski definition) is 0. The number of esters is 1. The van der Waals surface area contributed by atoms with Gasteiger partial charge in [0.05, 0.1) is 48.5 Å². The van der Waals surface area contributed by atoms with Crippen molar-refractivity contribution in [2.24, 2.45) is 0 Å². The van der Waals surface area contributed by atoms with Gasteiger partial charge in [0.2, 0.25) is 0 Å². The summed E-state index contributed by atoms with van der Waals surface area (Å²) in [5.74, 6) is -0.233. The first kappa shape index (κ1) is 28.3. The largest absolute Gasteiger partial charge is 0.462 e. The van der Waals surface area contributed by atoms with E-state index in [4.69, 9.17) is 14.5 Å². The van der Waals surface area contributed by atoms with E-state index in [0.717, 1.165) is 55.1 Å². The van der Waals surface area contributed by atoms with Crippen LogP contribution in [0.15, 0.2) is 60.7 Å². The highest BCUT2D eigenvalue weighted by Crippen LogP contribution is 2.43. The summed E-state index contributed by atoms with van der Waals surface area (Å²) in [5.41, 5.74) is 7.22. The van der Waals surface area contributed by atoms with Gasteiger partial charge in [-0.1, -0.05) is 93.3 Å². The number of nitrogens with zero attached hydrogens (tertiary/aromatic N) is 3. The second-order valence-corrected chi connectivity index (χ2v) is 10.9. The van der Waals surface area contributed by atoms with Gasteiger partial charge in [-0.3, -0.25) is 9.88 Å². The van der Waals surface area contributed by atoms with Crippen LogP contribution < -0.4 is 4.90 Å². The van der Waals surface area contributed by atoms with Crippen molar-refractivity contribution in [3.05, 3.63) is 94.3 Å². The minimum Gasteiger partial charge on any atom is -0.462 e. The third-order valence-corrected chi connectivity index (χ3v) is 8.08. The van der Waals surface area contributed by atoms with Crippen LogP contribution in [0.5, 0.6) is 0 Å². The number of pyridine rings is 1. The number of anilines is 1. The summed E-state index contributed by atoms with van der Waals surface area (Å²) in [5, 5.41) is 0. The smallest absolute Gasteiger partial charge is 0.340 e. The van der Waals surface area contributed by atoms with Crippen molar-refractivity contribution in [3.63, 3.8) is 0 Å². The topological polar surface area (TPSA) is 54.9 Å². The van der Waals surface area contributed by atoms with Crippen LogP contribution >= 0.6 is 0 Å². The molecule has 1 saturated heterocycles. The highest BCUT2D eigenvalue weighted by Gasteiger charge is 2.38. The Morgan fingerprint density at radius 2 is 1.65 bits per heavy atom. The number of carbonyl (C=O) groups excluding carboxylic acids is 1. The minimum atomic E-state index is -0.233. The van der Waals surface area contributed by atoms with Crippen LogP contribution in [-0.2, 0) is 29.0 Å². The van der Waals surface area contributed by atoms with E-state index >= 15 is 0 Å². The van der Waals surface area contributed by atoms with Crippen LogP contribution in [0.2, 0.25) is 0 Å². The molecule has 40 heavy (non-hydrogen) atoms. The summed E-state index contributed by atoms with van der Waals surface area (Å²) in [6.07, 6.45) is 6.54. The summed E-state index contributed by atoms with van der Waals surface area (Å²) < 4.78 is 11.4. The van der Waals surface area contributed by atoms with Crippen LogP contribution in [-0.4, -0.2) is 48.8 Å². The molecule has 6 heteroatoms. The summed E-state index contributed by atoms with van der Waals surface area (Å²) in [7, 11) is 0. The van der Waals surface area contributed by atoms with Gasteiger partial charge >= 0.3 is 5.97 Å². The molecule has 1 fully saturated rings. The second kappa shape index (κ2) is 13.9. The fourth-order valence-electron chi connectivity index (χ4n) is 6.13. The SMILES string of the molecule is CCCCCCC1c2nc(Cc3ccccc3)c(N3CCOCC3)c(C(=O)OCC)c2CN1Cc1ccccc1. The third-order valence-electron chi connectivity index (χ3n) is 8.08. The molecule has 2 aromatic carbocycles. The molecule has 1 atom stereocenters. The first-order chi connectivity index (χ1) is 19.7. The average molecular weight is 542 g/mol. The molecule has 1 aromatic heterocycles. The number of hydrogen-bond acceptors (Lipinski definition) is 6. The molecule has 0 saturated carbocycles. The van der Waals surface area contributed by atoms with Crippen molar-refractivity contribution in [2.75, 3.05) is 37.8 Å². The summed E-state index contributed by atoms with van der Waals surface area (Å²) in [6, 6.07) is 21.3. The Morgan fingerprint density at radius 1 is 0.950 bits per heavy atom. The summed E-state index contributed by atoms with van der Waals surface area (Å²) in [4.78, 5) is 24.1. The maximum atomic E-state index is 13.8. The zero-order valence-electron chi connectivity index (χ0n) is 24.1. The number of morpholine rings is 1. The lowest BCUT2D eigenvalue weighted by molar-refractivity contribution is 0.0524. The number of aromatic nitrogens is 1. The maximum absolute atomic E-state index is 13.8. The predicted molar refractivity (Wildman–Crippen MR) is 160 cm³/mol. The molecule has 3 aromatic rings. The van der Waals surface area contributed by atoms with Crippen LogP contribution in [0.4, 0.5) is 5.69 Å². The molecule has 0 aliphatic carbocycles. The van der Waals surface area contributed by atoms with E-state index in [1.54, 1.807) is 0 Å². The molecular formula is C34H43N3O3. The first-order valence-electron chi connectivity index (χ1n) is 15.1. The van der Waals surface area contributed by atoms with Crippen LogP contribution in [0.25, 0.3) is 0 Å². The Kier molecular flexibility index (Phi) is 9.85. The fourth-order valence-corrected chi connectivity index (χ4v) is 6.13. The summed E-state index contributed by atoms with van der Waals surface area (Å²) in [6.45, 7) is 8.78. The minimum absolute atomic E-state index is 0.175. The molecule has 5 rings (SSSR count). The quantitative estimate of drug-likeness (QED) is 0.188. The molecule has 1 unspecified atom stereocenters. The lowest BCUT2D eigenvalue weighted by Gasteiger charge is -2.32. The van der Waals surface area contributed by atoms with E-state index < -0.39 is 0 Å². The zero-order valence-corrected chi connectivity index (χ0v) is 24.1. The van der Waals surface area contributed by atoms with Gasteiger partial charge in [-0.05, 0) is 24.5 Å². The molecule has 0 spiro atoms. The van der Waals surface area contributed by atoms with Gasteiger partial charge in [-0.15, -0.1) is 0 Å². The van der Waals surface area contributed by atoms with Gasteiger partial charge < -0.3 is 14.4 Å². The molecule has 2 aliphatic rings. The fraction of sp³-hybridized carbons (Fsp3) is 0.471. The van der Waals surface area contributed by atoms with Crippen molar-refractivity contribution < 1.29 is 14.3 Å². The van der Waals surface area contributed by atoms with Gasteiger partial charge in [0.1, 0.15) is 0 Å². The van der Waals surface area contributed by atoms with Gasteiger partial charge in [-0.25, -0.2) is 4.79 Å². The molecule has 0 N–H and O–H groups in total. The van der Waals surface area contributed by atoms with Crippen molar-refractivity contribution in [1.29, 1.82) is 0 Å². The molecule has 3 heterocycles. The molecular weight excluding hydrogens is 498 g/mol. The number of ether oxygens (including phenoxy) is 2. The third kappa shape index (κ3) is 6.56. The average Bonchev–Trinajstić information content (AvgIpc) is 3.32. The van der Waals surface area contributed by atoms with Crippen molar-refractivity contribution >= 4 is 11.7 Å². The van der Waals surface area contributed by atoms with Crippen molar-refractivity contribution in [2.45, 2.75) is 71.5 Å². The Labute approximate surface area is 239 Å². The Morgan fingerprint density at radius 3 is 2.33 bits per heavy atom. The molecule has 0 radical (unpaired) electrons. The second-order valence-electron chi connectivity index (χ2n) is 10.9. The maximum Gasteiger partial charge on any atom is 0.340 e. The predicted octanol–water partition coefficient (Wildman–Crippen LogP) is 6.71. The van der Waals surface area contributed by atoms with Crippen molar-refractivity contribution in [1.82, 2.24) is 9.88 Å².